The van der Waals surface area contributed by atoms with Gasteiger partial charge >= 0.3 is 6.09 Å². The lowest BCUT2D eigenvalue weighted by Crippen LogP contribution is -2.60. The number of rotatable bonds is 3. The van der Waals surface area contributed by atoms with Crippen molar-refractivity contribution in [2.45, 2.75) is 39.0 Å². The van der Waals surface area contributed by atoms with Crippen molar-refractivity contribution in [1.29, 1.82) is 0 Å². The number of hydrogen-bond donors (Lipinski definition) is 1. The van der Waals surface area contributed by atoms with E-state index in [-0.39, 0.29) is 6.09 Å². The fourth-order valence-electron chi connectivity index (χ4n) is 1.81. The molecule has 20 heavy (non-hydrogen) atoms. The van der Waals surface area contributed by atoms with Crippen LogP contribution in [0.25, 0.3) is 0 Å². The minimum absolute atomic E-state index is 0.225. The van der Waals surface area contributed by atoms with Gasteiger partial charge in [-0.2, -0.15) is 0 Å². The summed E-state index contributed by atoms with van der Waals surface area (Å²) in [7, 11) is 0. The molecule has 0 radical (unpaired) electrons. The van der Waals surface area contributed by atoms with Crippen molar-refractivity contribution in [1.82, 2.24) is 10.2 Å². The molecule has 0 bridgehead atoms. The molecule has 4 nitrogen and oxygen atoms in total. The zero-order chi connectivity index (χ0) is 14.9. The molecule has 1 aliphatic rings. The van der Waals surface area contributed by atoms with E-state index in [0.717, 1.165) is 14.8 Å². The van der Waals surface area contributed by atoms with Crippen molar-refractivity contribution >= 4 is 49.3 Å². The minimum atomic E-state index is -0.425. The standard InChI is InChI=1S/C13H18Br2N2O2S/c1-13(2,3)19-12(18)17-6-8(7-17)16-5-9-4-10(14)11(15)20-9/h4,8,16H,5-7H2,1-3H3. The second-order valence-electron chi connectivity index (χ2n) is 5.80. The Labute approximate surface area is 140 Å². The van der Waals surface area contributed by atoms with Gasteiger partial charge in [-0.15, -0.1) is 11.3 Å². The molecular formula is C13H18Br2N2O2S. The molecule has 1 amide bonds. The molecule has 0 unspecified atom stereocenters. The maximum Gasteiger partial charge on any atom is 0.410 e. The third kappa shape index (κ3) is 4.44. The summed E-state index contributed by atoms with van der Waals surface area (Å²) in [6.07, 6.45) is -0.225. The molecule has 2 heterocycles. The zero-order valence-electron chi connectivity index (χ0n) is 11.7. The number of hydrogen-bond acceptors (Lipinski definition) is 4. The van der Waals surface area contributed by atoms with Gasteiger partial charge in [-0.1, -0.05) is 0 Å². The molecule has 0 aliphatic carbocycles. The monoisotopic (exact) mass is 424 g/mol. The van der Waals surface area contributed by atoms with Gasteiger partial charge in [0.25, 0.3) is 0 Å². The van der Waals surface area contributed by atoms with E-state index in [9.17, 15) is 4.79 Å². The highest BCUT2D eigenvalue weighted by atomic mass is 79.9. The molecule has 1 saturated heterocycles. The number of likely N-dealkylation sites (tertiary alicyclic amines) is 1. The molecule has 7 heteroatoms. The average molecular weight is 426 g/mol. The Morgan fingerprint density at radius 1 is 1.50 bits per heavy atom. The van der Waals surface area contributed by atoms with Gasteiger partial charge in [0, 0.05) is 35.0 Å². The highest BCUT2D eigenvalue weighted by molar-refractivity contribution is 9.13. The minimum Gasteiger partial charge on any atom is -0.444 e. The molecule has 112 valence electrons. The SMILES string of the molecule is CC(C)(C)OC(=O)N1CC(NCc2cc(Br)c(Br)s2)C1. The molecule has 1 fully saturated rings. The van der Waals surface area contributed by atoms with Gasteiger partial charge in [-0.05, 0) is 58.7 Å². The van der Waals surface area contributed by atoms with Crippen molar-refractivity contribution in [2.24, 2.45) is 0 Å². The van der Waals surface area contributed by atoms with Crippen molar-refractivity contribution in [3.63, 3.8) is 0 Å². The predicted octanol–water partition coefficient (Wildman–Crippen LogP) is 3.98. The van der Waals surface area contributed by atoms with Crippen LogP contribution in [0, 0.1) is 0 Å². The van der Waals surface area contributed by atoms with Crippen LogP contribution in [0.4, 0.5) is 4.79 Å². The van der Waals surface area contributed by atoms with Gasteiger partial charge in [0.1, 0.15) is 5.60 Å². The Bertz CT molecular complexity index is 474. The third-order valence-electron chi connectivity index (χ3n) is 2.79. The Morgan fingerprint density at radius 3 is 2.65 bits per heavy atom. The summed E-state index contributed by atoms with van der Waals surface area (Å²) < 4.78 is 7.52. The number of thiophene rings is 1. The number of ether oxygens (including phenoxy) is 1. The highest BCUT2D eigenvalue weighted by Crippen LogP contribution is 2.32. The molecule has 1 aromatic rings. The van der Waals surface area contributed by atoms with Crippen molar-refractivity contribution < 1.29 is 9.53 Å². The van der Waals surface area contributed by atoms with E-state index >= 15 is 0 Å². The fourth-order valence-corrected chi connectivity index (χ4v) is 3.93. The Morgan fingerprint density at radius 2 is 2.15 bits per heavy atom. The van der Waals surface area contributed by atoms with E-state index in [0.29, 0.717) is 19.1 Å². The second-order valence-corrected chi connectivity index (χ2v) is 9.11. The second kappa shape index (κ2) is 6.34. The van der Waals surface area contributed by atoms with Gasteiger partial charge in [-0.25, -0.2) is 4.79 Å². The van der Waals surface area contributed by atoms with Crippen LogP contribution >= 0.6 is 43.2 Å². The maximum absolute atomic E-state index is 11.8. The van der Waals surface area contributed by atoms with Crippen LogP contribution in [0.5, 0.6) is 0 Å². The van der Waals surface area contributed by atoms with E-state index in [1.165, 1.54) is 4.88 Å². The summed E-state index contributed by atoms with van der Waals surface area (Å²) in [5.74, 6) is 0. The molecule has 0 atom stereocenters. The molecule has 0 spiro atoms. The van der Waals surface area contributed by atoms with E-state index in [1.807, 2.05) is 20.8 Å². The number of carbonyl (C=O) groups is 1. The van der Waals surface area contributed by atoms with Crippen LogP contribution in [0.15, 0.2) is 14.3 Å². The Hall–Kier alpha value is -0.110. The Balaban J connectivity index is 1.70. The lowest BCUT2D eigenvalue weighted by molar-refractivity contribution is 0.00521. The largest absolute Gasteiger partial charge is 0.444 e. The highest BCUT2D eigenvalue weighted by Gasteiger charge is 2.33. The normalized spacial score (nSPS) is 16.1. The van der Waals surface area contributed by atoms with Crippen LogP contribution in [-0.4, -0.2) is 35.7 Å². The fraction of sp³-hybridized carbons (Fsp3) is 0.615. The summed E-state index contributed by atoms with van der Waals surface area (Å²) in [6.45, 7) is 7.89. The van der Waals surface area contributed by atoms with Crippen molar-refractivity contribution in [2.75, 3.05) is 13.1 Å². The number of nitrogens with one attached hydrogen (secondary N) is 1. The number of halogens is 2. The Kier molecular flexibility index (Phi) is 5.15. The summed E-state index contributed by atoms with van der Waals surface area (Å²) in [4.78, 5) is 14.8. The van der Waals surface area contributed by atoms with E-state index in [2.05, 4.69) is 43.2 Å². The van der Waals surface area contributed by atoms with Crippen LogP contribution in [0.2, 0.25) is 0 Å². The van der Waals surface area contributed by atoms with E-state index in [4.69, 9.17) is 4.74 Å². The third-order valence-corrected chi connectivity index (χ3v) is 6.05. The van der Waals surface area contributed by atoms with E-state index in [1.54, 1.807) is 16.2 Å². The summed E-state index contributed by atoms with van der Waals surface area (Å²) >= 11 is 8.67. The zero-order valence-corrected chi connectivity index (χ0v) is 15.7. The van der Waals surface area contributed by atoms with Crippen LogP contribution in [0.1, 0.15) is 25.6 Å². The van der Waals surface area contributed by atoms with E-state index < -0.39 is 5.60 Å². The molecule has 1 aromatic heterocycles. The summed E-state index contributed by atoms with van der Waals surface area (Å²) in [5, 5.41) is 3.44. The van der Waals surface area contributed by atoms with Crippen LogP contribution in [-0.2, 0) is 11.3 Å². The molecule has 2 rings (SSSR count). The van der Waals surface area contributed by atoms with Gasteiger partial charge in [0.15, 0.2) is 0 Å². The van der Waals surface area contributed by atoms with Crippen LogP contribution < -0.4 is 5.32 Å². The molecule has 1 N–H and O–H groups in total. The van der Waals surface area contributed by atoms with Gasteiger partial charge < -0.3 is 15.0 Å². The number of amides is 1. The first-order valence-electron chi connectivity index (χ1n) is 6.39. The van der Waals surface area contributed by atoms with Gasteiger partial charge in [0.2, 0.25) is 0 Å². The predicted molar refractivity (Wildman–Crippen MR) is 88.2 cm³/mol. The average Bonchev–Trinajstić information content (AvgIpc) is 2.53. The quantitative estimate of drug-likeness (QED) is 0.796. The topological polar surface area (TPSA) is 41.6 Å². The maximum atomic E-state index is 11.8. The first-order valence-corrected chi connectivity index (χ1v) is 8.80. The van der Waals surface area contributed by atoms with Gasteiger partial charge in [0.05, 0.1) is 3.79 Å². The number of carbonyl (C=O) groups excluding carboxylic acids is 1. The first-order chi connectivity index (χ1) is 9.24. The number of nitrogens with zero attached hydrogens (tertiary/aromatic N) is 1. The lowest BCUT2D eigenvalue weighted by atomic mass is 10.1. The van der Waals surface area contributed by atoms with Crippen LogP contribution in [0.3, 0.4) is 0 Å². The molecule has 0 aromatic carbocycles. The molecule has 1 aliphatic heterocycles. The smallest absolute Gasteiger partial charge is 0.410 e. The molecule has 0 saturated carbocycles. The van der Waals surface area contributed by atoms with Crippen molar-refractivity contribution in [3.8, 4) is 0 Å². The van der Waals surface area contributed by atoms with Crippen molar-refractivity contribution in [3.05, 3.63) is 19.2 Å². The first kappa shape index (κ1) is 16.3. The molecular weight excluding hydrogens is 408 g/mol. The summed E-state index contributed by atoms with van der Waals surface area (Å²) in [6, 6.07) is 2.45. The lowest BCUT2D eigenvalue weighted by Gasteiger charge is -2.40. The summed E-state index contributed by atoms with van der Waals surface area (Å²) in [5.41, 5.74) is -0.425. The van der Waals surface area contributed by atoms with Gasteiger partial charge in [-0.3, -0.25) is 0 Å².